The van der Waals surface area contributed by atoms with E-state index in [0.717, 1.165) is 0 Å². The van der Waals surface area contributed by atoms with Crippen LogP contribution in [-0.2, 0) is 14.6 Å². The fourth-order valence-electron chi connectivity index (χ4n) is 1.70. The Morgan fingerprint density at radius 3 is 2.81 bits per heavy atom. The maximum absolute atomic E-state index is 11.4. The Bertz CT molecular complexity index is 418. The van der Waals surface area contributed by atoms with Crippen molar-refractivity contribution in [2.24, 2.45) is 0 Å². The molecule has 1 saturated heterocycles. The molecule has 90 valence electrons. The lowest BCUT2D eigenvalue weighted by Gasteiger charge is -2.33. The summed E-state index contributed by atoms with van der Waals surface area (Å²) in [6, 6.07) is -0.447. The van der Waals surface area contributed by atoms with E-state index in [1.165, 1.54) is 0 Å². The third-order valence-electron chi connectivity index (χ3n) is 2.52. The van der Waals surface area contributed by atoms with Gasteiger partial charge in [0.25, 0.3) is 0 Å². The van der Waals surface area contributed by atoms with Gasteiger partial charge < -0.3 is 5.11 Å². The molecule has 0 bridgehead atoms. The van der Waals surface area contributed by atoms with Crippen LogP contribution in [0.5, 0.6) is 0 Å². The SMILES string of the molecule is CC#CCN1CCS(=O)(=O)CC1CC(=O)O. The maximum atomic E-state index is 11.4. The van der Waals surface area contributed by atoms with E-state index in [9.17, 15) is 13.2 Å². The third-order valence-corrected chi connectivity index (χ3v) is 4.22. The van der Waals surface area contributed by atoms with Crippen LogP contribution in [0.4, 0.5) is 0 Å². The molecule has 6 heteroatoms. The third kappa shape index (κ3) is 3.83. The predicted octanol–water partition coefficient (Wildman–Crippen LogP) is -0.417. The van der Waals surface area contributed by atoms with Crippen LogP contribution in [-0.4, -0.2) is 55.0 Å². The summed E-state index contributed by atoms with van der Waals surface area (Å²) in [5.74, 6) is 4.60. The summed E-state index contributed by atoms with van der Waals surface area (Å²) in [7, 11) is -3.09. The molecule has 1 fully saturated rings. The van der Waals surface area contributed by atoms with Crippen molar-refractivity contribution >= 4 is 15.8 Å². The molecule has 0 amide bonds. The van der Waals surface area contributed by atoms with E-state index in [1.807, 2.05) is 4.90 Å². The monoisotopic (exact) mass is 245 g/mol. The summed E-state index contributed by atoms with van der Waals surface area (Å²) < 4.78 is 22.8. The van der Waals surface area contributed by atoms with Gasteiger partial charge in [-0.05, 0) is 6.92 Å². The Labute approximate surface area is 95.4 Å². The number of carboxylic acids is 1. The molecule has 1 aliphatic rings. The van der Waals surface area contributed by atoms with Crippen LogP contribution in [0.1, 0.15) is 13.3 Å². The normalized spacial score (nSPS) is 24.4. The zero-order chi connectivity index (χ0) is 12.2. The average molecular weight is 245 g/mol. The van der Waals surface area contributed by atoms with Crippen molar-refractivity contribution < 1.29 is 18.3 Å². The van der Waals surface area contributed by atoms with Crippen molar-refractivity contribution in [1.82, 2.24) is 4.90 Å². The van der Waals surface area contributed by atoms with Gasteiger partial charge in [-0.2, -0.15) is 0 Å². The Hall–Kier alpha value is -1.06. The Balaban J connectivity index is 2.73. The highest BCUT2D eigenvalue weighted by molar-refractivity contribution is 7.91. The molecule has 0 saturated carbocycles. The zero-order valence-electron chi connectivity index (χ0n) is 9.14. The predicted molar refractivity (Wildman–Crippen MR) is 59.7 cm³/mol. The minimum atomic E-state index is -3.09. The highest BCUT2D eigenvalue weighted by atomic mass is 32.2. The molecule has 1 aliphatic heterocycles. The summed E-state index contributed by atoms with van der Waals surface area (Å²) in [5, 5.41) is 8.72. The number of hydrogen-bond acceptors (Lipinski definition) is 4. The molecule has 0 aromatic rings. The van der Waals surface area contributed by atoms with Gasteiger partial charge in [-0.15, -0.1) is 5.92 Å². The number of carboxylic acid groups (broad SMARTS) is 1. The summed E-state index contributed by atoms with van der Waals surface area (Å²) in [4.78, 5) is 12.5. The lowest BCUT2D eigenvalue weighted by atomic mass is 10.2. The molecule has 0 aromatic carbocycles. The van der Waals surface area contributed by atoms with Gasteiger partial charge in [-0.3, -0.25) is 9.69 Å². The minimum Gasteiger partial charge on any atom is -0.481 e. The van der Waals surface area contributed by atoms with E-state index in [1.54, 1.807) is 6.92 Å². The van der Waals surface area contributed by atoms with Crippen LogP contribution in [0.3, 0.4) is 0 Å². The molecular formula is C10H15NO4S. The van der Waals surface area contributed by atoms with Gasteiger partial charge in [0.15, 0.2) is 9.84 Å². The first kappa shape index (κ1) is 13.0. The van der Waals surface area contributed by atoms with Crippen LogP contribution in [0, 0.1) is 11.8 Å². The molecule has 0 aliphatic carbocycles. The van der Waals surface area contributed by atoms with E-state index < -0.39 is 21.8 Å². The summed E-state index contributed by atoms with van der Waals surface area (Å²) in [6.45, 7) is 2.51. The fraction of sp³-hybridized carbons (Fsp3) is 0.700. The molecule has 0 radical (unpaired) electrons. The van der Waals surface area contributed by atoms with E-state index in [-0.39, 0.29) is 17.9 Å². The second kappa shape index (κ2) is 5.32. The molecule has 1 rings (SSSR count). The van der Waals surface area contributed by atoms with Crippen molar-refractivity contribution in [2.45, 2.75) is 19.4 Å². The second-order valence-corrected chi connectivity index (χ2v) is 5.99. The number of sulfone groups is 1. The number of carbonyl (C=O) groups is 1. The lowest BCUT2D eigenvalue weighted by molar-refractivity contribution is -0.138. The van der Waals surface area contributed by atoms with E-state index in [0.29, 0.717) is 13.1 Å². The number of rotatable bonds is 3. The first-order valence-corrected chi connectivity index (χ1v) is 6.82. The zero-order valence-corrected chi connectivity index (χ0v) is 9.96. The van der Waals surface area contributed by atoms with Gasteiger partial charge in [0.05, 0.1) is 24.5 Å². The molecule has 16 heavy (non-hydrogen) atoms. The molecule has 1 N–H and O–H groups in total. The van der Waals surface area contributed by atoms with Crippen molar-refractivity contribution in [1.29, 1.82) is 0 Å². The summed E-state index contributed by atoms with van der Waals surface area (Å²) in [6.07, 6.45) is -0.148. The smallest absolute Gasteiger partial charge is 0.304 e. The Morgan fingerprint density at radius 2 is 2.25 bits per heavy atom. The maximum Gasteiger partial charge on any atom is 0.304 e. The standard InChI is InChI=1S/C10H15NO4S/c1-2-3-4-11-5-6-16(14,15)8-9(11)7-10(12)13/h9H,4-8H2,1H3,(H,12,13). The quantitative estimate of drug-likeness (QED) is 0.684. The van der Waals surface area contributed by atoms with Crippen LogP contribution in [0.2, 0.25) is 0 Å². The van der Waals surface area contributed by atoms with Crippen molar-refractivity contribution in [3.63, 3.8) is 0 Å². The molecule has 1 unspecified atom stereocenters. The number of hydrogen-bond donors (Lipinski definition) is 1. The van der Waals surface area contributed by atoms with Crippen molar-refractivity contribution in [3.8, 4) is 11.8 Å². The van der Waals surface area contributed by atoms with Gasteiger partial charge >= 0.3 is 5.97 Å². The van der Waals surface area contributed by atoms with Crippen LogP contribution in [0.15, 0.2) is 0 Å². The largest absolute Gasteiger partial charge is 0.481 e. The summed E-state index contributed by atoms with van der Waals surface area (Å²) in [5.41, 5.74) is 0. The molecule has 0 aromatic heterocycles. The van der Waals surface area contributed by atoms with Gasteiger partial charge in [0.1, 0.15) is 0 Å². The molecule has 0 spiro atoms. The first-order valence-electron chi connectivity index (χ1n) is 5.00. The molecule has 1 atom stereocenters. The van der Waals surface area contributed by atoms with E-state index >= 15 is 0 Å². The van der Waals surface area contributed by atoms with Crippen molar-refractivity contribution in [3.05, 3.63) is 0 Å². The van der Waals surface area contributed by atoms with Gasteiger partial charge in [-0.1, -0.05) is 5.92 Å². The summed E-state index contributed by atoms with van der Waals surface area (Å²) >= 11 is 0. The Kier molecular flexibility index (Phi) is 4.33. The Morgan fingerprint density at radius 1 is 1.56 bits per heavy atom. The van der Waals surface area contributed by atoms with Gasteiger partial charge in [0.2, 0.25) is 0 Å². The number of aliphatic carboxylic acids is 1. The minimum absolute atomic E-state index is 0.0787. The molecule has 5 nitrogen and oxygen atoms in total. The number of nitrogens with zero attached hydrogens (tertiary/aromatic N) is 1. The van der Waals surface area contributed by atoms with Gasteiger partial charge in [-0.25, -0.2) is 8.42 Å². The second-order valence-electron chi connectivity index (χ2n) is 3.76. The highest BCUT2D eigenvalue weighted by Gasteiger charge is 2.31. The van der Waals surface area contributed by atoms with Crippen molar-refractivity contribution in [2.75, 3.05) is 24.6 Å². The topological polar surface area (TPSA) is 74.7 Å². The van der Waals surface area contributed by atoms with Crippen LogP contribution in [0.25, 0.3) is 0 Å². The average Bonchev–Trinajstić information content (AvgIpc) is 2.14. The van der Waals surface area contributed by atoms with E-state index in [4.69, 9.17) is 5.11 Å². The van der Waals surface area contributed by atoms with E-state index in [2.05, 4.69) is 11.8 Å². The first-order chi connectivity index (χ1) is 7.44. The highest BCUT2D eigenvalue weighted by Crippen LogP contribution is 2.14. The van der Waals surface area contributed by atoms with Crippen LogP contribution >= 0.6 is 0 Å². The fourth-order valence-corrected chi connectivity index (χ4v) is 3.29. The lowest BCUT2D eigenvalue weighted by Crippen LogP contribution is -2.49. The van der Waals surface area contributed by atoms with Gasteiger partial charge in [0, 0.05) is 12.6 Å². The molecular weight excluding hydrogens is 230 g/mol. The van der Waals surface area contributed by atoms with Crippen LogP contribution < -0.4 is 0 Å². The molecule has 1 heterocycles.